The van der Waals surface area contributed by atoms with E-state index in [-0.39, 0.29) is 22.8 Å². The quantitative estimate of drug-likeness (QED) is 0.411. The van der Waals surface area contributed by atoms with Crippen molar-refractivity contribution in [1.82, 2.24) is 4.72 Å². The zero-order valence-corrected chi connectivity index (χ0v) is 20.3. The predicted octanol–water partition coefficient (Wildman–Crippen LogP) is 5.37. The van der Waals surface area contributed by atoms with Crippen LogP contribution in [0, 0.1) is 11.6 Å². The molecule has 1 saturated carbocycles. The van der Waals surface area contributed by atoms with Crippen molar-refractivity contribution in [1.29, 1.82) is 0 Å². The Morgan fingerprint density at radius 3 is 2.05 bits per heavy atom. The standard InChI is InChI=1S/C25H21F5N2O5S/c26-14-4-10-19-22(12-14)36-23-13-15(27)5-11-20(23)32(19)21-3-1-2-18(24(21)33)31-38(34,35)17-8-6-16(7-9-17)37-25(28,29)30/h4-13,18,21,24,31,33H,1-3H2/t18-,21+,24+/m0/s1. The molecule has 1 fully saturated rings. The molecule has 13 heteroatoms. The van der Waals surface area contributed by atoms with Crippen LogP contribution in [0.2, 0.25) is 0 Å². The van der Waals surface area contributed by atoms with Crippen LogP contribution in [0.15, 0.2) is 65.6 Å². The summed E-state index contributed by atoms with van der Waals surface area (Å²) < 4.78 is 103. The Labute approximate surface area is 214 Å². The molecule has 1 aliphatic carbocycles. The van der Waals surface area contributed by atoms with Gasteiger partial charge >= 0.3 is 6.36 Å². The maximum Gasteiger partial charge on any atom is 0.573 e. The molecule has 1 aliphatic heterocycles. The fourth-order valence-corrected chi connectivity index (χ4v) is 6.08. The number of benzene rings is 3. The number of aliphatic hydroxyl groups is 1. The van der Waals surface area contributed by atoms with Gasteiger partial charge in [0.25, 0.3) is 0 Å². The van der Waals surface area contributed by atoms with Gasteiger partial charge in [-0.15, -0.1) is 13.2 Å². The number of aliphatic hydroxyl groups excluding tert-OH is 1. The lowest BCUT2D eigenvalue weighted by Crippen LogP contribution is -2.56. The number of nitrogens with zero attached hydrogens (tertiary/aromatic N) is 1. The van der Waals surface area contributed by atoms with E-state index in [0.717, 1.165) is 36.4 Å². The number of anilines is 2. The Kier molecular flexibility index (Phi) is 6.70. The van der Waals surface area contributed by atoms with E-state index in [9.17, 15) is 35.5 Å². The van der Waals surface area contributed by atoms with Crippen LogP contribution < -0.4 is 19.1 Å². The van der Waals surface area contributed by atoms with E-state index in [4.69, 9.17) is 4.74 Å². The molecule has 2 aliphatic rings. The number of rotatable bonds is 5. The molecule has 0 aromatic heterocycles. The highest BCUT2D eigenvalue weighted by atomic mass is 32.2. The average Bonchev–Trinajstić information content (AvgIpc) is 2.83. The molecule has 0 radical (unpaired) electrons. The summed E-state index contributed by atoms with van der Waals surface area (Å²) in [6, 6.07) is 9.65. The summed E-state index contributed by atoms with van der Waals surface area (Å²) in [5, 5.41) is 11.3. The molecule has 3 atom stereocenters. The number of alkyl halides is 3. The zero-order valence-electron chi connectivity index (χ0n) is 19.5. The average molecular weight is 557 g/mol. The Morgan fingerprint density at radius 1 is 0.921 bits per heavy atom. The van der Waals surface area contributed by atoms with Gasteiger partial charge in [0.05, 0.1) is 34.5 Å². The third kappa shape index (κ3) is 5.26. The van der Waals surface area contributed by atoms with Crippen LogP contribution in [-0.2, 0) is 10.0 Å². The molecule has 3 aromatic rings. The van der Waals surface area contributed by atoms with Gasteiger partial charge in [-0.1, -0.05) is 0 Å². The van der Waals surface area contributed by atoms with Gasteiger partial charge in [-0.05, 0) is 67.8 Å². The van der Waals surface area contributed by atoms with Crippen LogP contribution in [0.25, 0.3) is 0 Å². The Bertz CT molecular complexity index is 1400. The number of ether oxygens (including phenoxy) is 2. The van der Waals surface area contributed by atoms with E-state index in [2.05, 4.69) is 9.46 Å². The highest BCUT2D eigenvalue weighted by Crippen LogP contribution is 2.49. The summed E-state index contributed by atoms with van der Waals surface area (Å²) in [5.41, 5.74) is 0.830. The number of nitrogens with one attached hydrogen (secondary N) is 1. The van der Waals surface area contributed by atoms with Gasteiger partial charge in [-0.2, -0.15) is 0 Å². The van der Waals surface area contributed by atoms with Gasteiger partial charge in [0.2, 0.25) is 10.0 Å². The van der Waals surface area contributed by atoms with Crippen LogP contribution in [0.5, 0.6) is 17.2 Å². The summed E-state index contributed by atoms with van der Waals surface area (Å²) in [6.07, 6.45) is -4.98. The largest absolute Gasteiger partial charge is 0.573 e. The third-order valence-corrected chi connectivity index (χ3v) is 7.92. The van der Waals surface area contributed by atoms with Gasteiger partial charge in [-0.25, -0.2) is 21.9 Å². The van der Waals surface area contributed by atoms with Crippen molar-refractivity contribution in [3.63, 3.8) is 0 Å². The normalized spacial score (nSPS) is 21.3. The first-order chi connectivity index (χ1) is 17.9. The molecular formula is C25H21F5N2O5S. The van der Waals surface area contributed by atoms with Crippen molar-refractivity contribution in [3.05, 3.63) is 72.3 Å². The van der Waals surface area contributed by atoms with Gasteiger partial charge < -0.3 is 19.5 Å². The molecule has 202 valence electrons. The second-order valence-corrected chi connectivity index (χ2v) is 10.6. The van der Waals surface area contributed by atoms with Crippen LogP contribution >= 0.6 is 0 Å². The molecule has 5 rings (SSSR count). The Hall–Kier alpha value is -3.42. The molecule has 0 bridgehead atoms. The van der Waals surface area contributed by atoms with Crippen molar-refractivity contribution >= 4 is 21.4 Å². The molecule has 0 saturated heterocycles. The second-order valence-electron chi connectivity index (χ2n) is 8.93. The zero-order chi connectivity index (χ0) is 27.2. The van der Waals surface area contributed by atoms with Gasteiger partial charge in [0, 0.05) is 12.1 Å². The number of sulfonamides is 1. The smallest absolute Gasteiger partial charge is 0.453 e. The highest BCUT2D eigenvalue weighted by molar-refractivity contribution is 7.89. The van der Waals surface area contributed by atoms with Crippen molar-refractivity contribution in [2.75, 3.05) is 4.90 Å². The minimum Gasteiger partial charge on any atom is -0.453 e. The SMILES string of the molecule is O=S(=O)(N[C@H]1CCC[C@@H](N2c3ccc(F)cc3Oc3cc(F)ccc32)[C@@H]1O)c1ccc(OC(F)(F)F)cc1. The molecule has 0 unspecified atom stereocenters. The Morgan fingerprint density at radius 2 is 1.50 bits per heavy atom. The van der Waals surface area contributed by atoms with E-state index >= 15 is 0 Å². The number of fused-ring (bicyclic) bond motifs is 2. The summed E-state index contributed by atoms with van der Waals surface area (Å²) in [6.45, 7) is 0. The van der Waals surface area contributed by atoms with Gasteiger partial charge in [-0.3, -0.25) is 0 Å². The fourth-order valence-electron chi connectivity index (χ4n) is 4.80. The maximum atomic E-state index is 13.9. The third-order valence-electron chi connectivity index (χ3n) is 6.41. The molecule has 2 N–H and O–H groups in total. The fraction of sp³-hybridized carbons (Fsp3) is 0.280. The number of halogens is 5. The maximum absolute atomic E-state index is 13.9. The minimum atomic E-state index is -4.92. The predicted molar refractivity (Wildman–Crippen MR) is 126 cm³/mol. The van der Waals surface area contributed by atoms with Crippen LogP contribution in [0.1, 0.15) is 19.3 Å². The topological polar surface area (TPSA) is 88.1 Å². The minimum absolute atomic E-state index is 0.110. The molecule has 3 aromatic carbocycles. The lowest BCUT2D eigenvalue weighted by atomic mass is 9.86. The van der Waals surface area contributed by atoms with Crippen molar-refractivity contribution in [3.8, 4) is 17.2 Å². The van der Waals surface area contributed by atoms with E-state index in [0.29, 0.717) is 24.2 Å². The first-order valence-corrected chi connectivity index (χ1v) is 13.0. The highest BCUT2D eigenvalue weighted by Gasteiger charge is 2.41. The van der Waals surface area contributed by atoms with Crippen molar-refractivity contribution in [2.24, 2.45) is 0 Å². The lowest BCUT2D eigenvalue weighted by Gasteiger charge is -2.44. The van der Waals surface area contributed by atoms with Crippen molar-refractivity contribution < 1.29 is 45.0 Å². The van der Waals surface area contributed by atoms with E-state index in [1.807, 2.05) is 0 Å². The Balaban J connectivity index is 1.42. The van der Waals surface area contributed by atoms with E-state index in [1.54, 1.807) is 4.90 Å². The summed E-state index contributed by atoms with van der Waals surface area (Å²) in [5.74, 6) is -1.51. The first kappa shape index (κ1) is 26.2. The van der Waals surface area contributed by atoms with Gasteiger partial charge in [0.15, 0.2) is 11.5 Å². The van der Waals surface area contributed by atoms with E-state index < -0.39 is 52.0 Å². The van der Waals surface area contributed by atoms with Crippen LogP contribution in [0.4, 0.5) is 33.3 Å². The molecular weight excluding hydrogens is 535 g/mol. The van der Waals surface area contributed by atoms with Gasteiger partial charge in [0.1, 0.15) is 17.4 Å². The summed E-state index contributed by atoms with van der Waals surface area (Å²) in [4.78, 5) is 1.37. The monoisotopic (exact) mass is 556 g/mol. The van der Waals surface area contributed by atoms with Crippen LogP contribution in [0.3, 0.4) is 0 Å². The summed E-state index contributed by atoms with van der Waals surface area (Å²) >= 11 is 0. The number of hydrogen-bond donors (Lipinski definition) is 2. The second kappa shape index (κ2) is 9.71. The number of hydrogen-bond acceptors (Lipinski definition) is 6. The summed E-state index contributed by atoms with van der Waals surface area (Å²) in [7, 11) is -4.23. The lowest BCUT2D eigenvalue weighted by molar-refractivity contribution is -0.274. The molecule has 38 heavy (non-hydrogen) atoms. The molecule has 1 heterocycles. The molecule has 7 nitrogen and oxygen atoms in total. The molecule has 0 spiro atoms. The van der Waals surface area contributed by atoms with E-state index in [1.165, 1.54) is 24.3 Å². The molecule has 0 amide bonds. The van der Waals surface area contributed by atoms with Crippen molar-refractivity contribution in [2.45, 2.75) is 48.7 Å². The van der Waals surface area contributed by atoms with Crippen LogP contribution in [-0.4, -0.2) is 38.1 Å². The first-order valence-electron chi connectivity index (χ1n) is 11.5.